The van der Waals surface area contributed by atoms with Gasteiger partial charge < -0.3 is 9.15 Å². The quantitative estimate of drug-likeness (QED) is 0.304. The van der Waals surface area contributed by atoms with Crippen molar-refractivity contribution in [3.8, 4) is 5.75 Å². The van der Waals surface area contributed by atoms with Gasteiger partial charge in [-0.05, 0) is 23.8 Å². The molecule has 2 aromatic carbocycles. The summed E-state index contributed by atoms with van der Waals surface area (Å²) in [6.45, 7) is 0.0905. The minimum absolute atomic E-state index is 0.0905. The van der Waals surface area contributed by atoms with Crippen LogP contribution in [0.15, 0.2) is 62.8 Å². The zero-order valence-corrected chi connectivity index (χ0v) is 14.6. The van der Waals surface area contributed by atoms with E-state index in [-0.39, 0.29) is 28.7 Å². The van der Waals surface area contributed by atoms with Crippen molar-refractivity contribution in [3.05, 3.63) is 85.2 Å². The lowest BCUT2D eigenvalue weighted by molar-refractivity contribution is -0.384. The number of nitrogens with zero attached hydrogens (tertiary/aromatic N) is 3. The van der Waals surface area contributed by atoms with E-state index >= 15 is 0 Å². The molecule has 0 saturated carbocycles. The Labute approximate surface area is 156 Å². The van der Waals surface area contributed by atoms with Crippen molar-refractivity contribution >= 4 is 27.6 Å². The highest BCUT2D eigenvalue weighted by Gasteiger charge is 2.13. The molecular weight excluding hydrogens is 366 g/mol. The number of nitro groups is 1. The molecule has 0 fully saturated rings. The number of ether oxygens (including phenoxy) is 1. The second-order valence-corrected chi connectivity index (χ2v) is 6.09. The van der Waals surface area contributed by atoms with Crippen LogP contribution in [0.25, 0.3) is 21.9 Å². The molecule has 0 saturated heterocycles. The molecule has 0 aliphatic rings. The first kappa shape index (κ1) is 17.4. The predicted molar refractivity (Wildman–Crippen MR) is 101 cm³/mol. The number of benzene rings is 2. The maximum atomic E-state index is 12.8. The molecule has 2 aromatic heterocycles. The van der Waals surface area contributed by atoms with Gasteiger partial charge in [-0.3, -0.25) is 19.5 Å². The van der Waals surface area contributed by atoms with E-state index in [0.717, 1.165) is 0 Å². The van der Waals surface area contributed by atoms with E-state index in [2.05, 4.69) is 4.98 Å². The number of non-ortho nitro benzene ring substituents is 1. The minimum Gasteiger partial charge on any atom is -0.497 e. The lowest BCUT2D eigenvalue weighted by Gasteiger charge is -2.09. The first-order valence-corrected chi connectivity index (χ1v) is 8.20. The summed E-state index contributed by atoms with van der Waals surface area (Å²) in [4.78, 5) is 39.2. The first-order valence-electron chi connectivity index (χ1n) is 8.20. The topological polar surface area (TPSA) is 117 Å². The van der Waals surface area contributed by atoms with E-state index in [4.69, 9.17) is 9.15 Å². The van der Waals surface area contributed by atoms with Crippen molar-refractivity contribution in [2.75, 3.05) is 7.11 Å². The molecular formula is C19H13N3O6. The van der Waals surface area contributed by atoms with Gasteiger partial charge >= 0.3 is 5.63 Å². The number of aromatic nitrogens is 2. The standard InChI is InChI=1S/C19H13N3O6/c1-27-13-3-5-14-11(6-18(23)28-17(14)8-13)9-21-10-20-16-7-12(22(25)26)2-4-15(16)19(21)24/h2-8,10H,9H2,1H3. The Hall–Kier alpha value is -4.01. The largest absolute Gasteiger partial charge is 0.497 e. The number of hydrogen-bond acceptors (Lipinski definition) is 7. The van der Waals surface area contributed by atoms with Crippen LogP contribution < -0.4 is 15.9 Å². The van der Waals surface area contributed by atoms with Crippen LogP contribution in [0, 0.1) is 10.1 Å². The average molecular weight is 379 g/mol. The van der Waals surface area contributed by atoms with Gasteiger partial charge in [0.1, 0.15) is 11.3 Å². The van der Waals surface area contributed by atoms with E-state index in [0.29, 0.717) is 22.3 Å². The fourth-order valence-corrected chi connectivity index (χ4v) is 3.02. The van der Waals surface area contributed by atoms with Crippen LogP contribution in [0.4, 0.5) is 5.69 Å². The van der Waals surface area contributed by atoms with Gasteiger partial charge in [0.2, 0.25) is 0 Å². The van der Waals surface area contributed by atoms with E-state index in [1.807, 2.05) is 0 Å². The average Bonchev–Trinajstić information content (AvgIpc) is 2.69. The summed E-state index contributed by atoms with van der Waals surface area (Å²) in [7, 11) is 1.51. The molecule has 9 heteroatoms. The molecule has 0 aliphatic heterocycles. The van der Waals surface area contributed by atoms with Crippen LogP contribution >= 0.6 is 0 Å². The summed E-state index contributed by atoms with van der Waals surface area (Å²) in [5.74, 6) is 0.541. The van der Waals surface area contributed by atoms with Crippen molar-refractivity contribution in [2.45, 2.75) is 6.54 Å². The van der Waals surface area contributed by atoms with Crippen molar-refractivity contribution in [2.24, 2.45) is 0 Å². The van der Waals surface area contributed by atoms with Gasteiger partial charge in [0, 0.05) is 29.7 Å². The fraction of sp³-hybridized carbons (Fsp3) is 0.105. The monoisotopic (exact) mass is 379 g/mol. The molecule has 4 aromatic rings. The molecule has 0 aliphatic carbocycles. The third-order valence-electron chi connectivity index (χ3n) is 4.40. The van der Waals surface area contributed by atoms with Crippen LogP contribution in [0.3, 0.4) is 0 Å². The minimum atomic E-state index is -0.548. The van der Waals surface area contributed by atoms with Crippen molar-refractivity contribution in [3.63, 3.8) is 0 Å². The van der Waals surface area contributed by atoms with Gasteiger partial charge in [-0.1, -0.05) is 0 Å². The van der Waals surface area contributed by atoms with Gasteiger partial charge in [-0.2, -0.15) is 0 Å². The normalized spacial score (nSPS) is 11.0. The Balaban J connectivity index is 1.83. The number of fused-ring (bicyclic) bond motifs is 2. The Morgan fingerprint density at radius 1 is 1.14 bits per heavy atom. The van der Waals surface area contributed by atoms with Gasteiger partial charge in [0.15, 0.2) is 0 Å². The van der Waals surface area contributed by atoms with Crippen molar-refractivity contribution < 1.29 is 14.1 Å². The summed E-state index contributed by atoms with van der Waals surface area (Å²) < 4.78 is 11.7. The Morgan fingerprint density at radius 3 is 2.68 bits per heavy atom. The Bertz CT molecular complexity index is 1360. The first-order chi connectivity index (χ1) is 13.5. The van der Waals surface area contributed by atoms with Gasteiger partial charge in [0.25, 0.3) is 11.2 Å². The fourth-order valence-electron chi connectivity index (χ4n) is 3.02. The second-order valence-electron chi connectivity index (χ2n) is 6.09. The molecule has 0 spiro atoms. The molecule has 0 amide bonds. The maximum absolute atomic E-state index is 12.8. The summed E-state index contributed by atoms with van der Waals surface area (Å²) in [6.07, 6.45) is 1.30. The molecule has 0 atom stereocenters. The van der Waals surface area contributed by atoms with Gasteiger partial charge in [-0.15, -0.1) is 0 Å². The van der Waals surface area contributed by atoms with Crippen LogP contribution in [0.1, 0.15) is 5.56 Å². The lowest BCUT2D eigenvalue weighted by atomic mass is 10.1. The van der Waals surface area contributed by atoms with Crippen LogP contribution in [0.5, 0.6) is 5.75 Å². The lowest BCUT2D eigenvalue weighted by Crippen LogP contribution is -2.21. The number of hydrogen-bond donors (Lipinski definition) is 0. The third kappa shape index (κ3) is 2.98. The highest BCUT2D eigenvalue weighted by molar-refractivity contribution is 5.82. The summed E-state index contributed by atoms with van der Waals surface area (Å²) >= 11 is 0. The molecule has 0 bridgehead atoms. The number of methoxy groups -OCH3 is 1. The molecule has 9 nitrogen and oxygen atoms in total. The van der Waals surface area contributed by atoms with Crippen LogP contribution in [-0.4, -0.2) is 21.6 Å². The predicted octanol–water partition coefficient (Wildman–Crippen LogP) is 2.47. The molecule has 0 unspecified atom stereocenters. The van der Waals surface area contributed by atoms with Gasteiger partial charge in [-0.25, -0.2) is 9.78 Å². The van der Waals surface area contributed by atoms with E-state index in [1.165, 1.54) is 42.3 Å². The molecule has 0 radical (unpaired) electrons. The van der Waals surface area contributed by atoms with Crippen molar-refractivity contribution in [1.29, 1.82) is 0 Å². The molecule has 2 heterocycles. The molecule has 28 heavy (non-hydrogen) atoms. The zero-order valence-electron chi connectivity index (χ0n) is 14.6. The Morgan fingerprint density at radius 2 is 1.93 bits per heavy atom. The van der Waals surface area contributed by atoms with Crippen molar-refractivity contribution in [1.82, 2.24) is 9.55 Å². The number of rotatable bonds is 4. The summed E-state index contributed by atoms with van der Waals surface area (Å²) in [6, 6.07) is 10.3. The van der Waals surface area contributed by atoms with Crippen LogP contribution in [-0.2, 0) is 6.54 Å². The zero-order chi connectivity index (χ0) is 19.8. The van der Waals surface area contributed by atoms with E-state index in [9.17, 15) is 19.7 Å². The number of nitro benzene ring substituents is 1. The SMILES string of the molecule is COc1ccc2c(Cn3cnc4cc([N+](=O)[O-])ccc4c3=O)cc(=O)oc2c1. The highest BCUT2D eigenvalue weighted by Crippen LogP contribution is 2.23. The summed E-state index contributed by atoms with van der Waals surface area (Å²) in [5, 5.41) is 11.8. The molecule has 140 valence electrons. The third-order valence-corrected chi connectivity index (χ3v) is 4.40. The van der Waals surface area contributed by atoms with Gasteiger partial charge in [0.05, 0.1) is 35.8 Å². The van der Waals surface area contributed by atoms with E-state index < -0.39 is 10.5 Å². The highest BCUT2D eigenvalue weighted by atomic mass is 16.6. The molecule has 0 N–H and O–H groups in total. The molecule has 4 rings (SSSR count). The van der Waals surface area contributed by atoms with E-state index in [1.54, 1.807) is 18.2 Å². The van der Waals surface area contributed by atoms with Crippen LogP contribution in [0.2, 0.25) is 0 Å². The summed E-state index contributed by atoms with van der Waals surface area (Å²) in [5.41, 5.74) is 0.108. The maximum Gasteiger partial charge on any atom is 0.336 e. The second kappa shape index (κ2) is 6.62. The smallest absolute Gasteiger partial charge is 0.336 e. The Kier molecular flexibility index (Phi) is 4.11.